The van der Waals surface area contributed by atoms with Gasteiger partial charge in [0.1, 0.15) is 12.1 Å². The lowest BCUT2D eigenvalue weighted by Gasteiger charge is -2.19. The Morgan fingerprint density at radius 2 is 1.95 bits per heavy atom. The molecule has 2 aromatic heterocycles. The Hall–Kier alpha value is -2.05. The number of hydrogen-bond acceptors (Lipinski definition) is 4. The van der Waals surface area contributed by atoms with Crippen molar-refractivity contribution in [3.8, 4) is 0 Å². The number of aryl methyl sites for hydroxylation is 2. The van der Waals surface area contributed by atoms with Crippen molar-refractivity contribution in [1.29, 1.82) is 0 Å². The topological polar surface area (TPSA) is 82.0 Å². The van der Waals surface area contributed by atoms with Crippen molar-refractivity contribution >= 4 is 23.0 Å². The minimum Gasteiger partial charge on any atom is -0.369 e. The van der Waals surface area contributed by atoms with Gasteiger partial charge in [-0.15, -0.1) is 0 Å². The van der Waals surface area contributed by atoms with Gasteiger partial charge in [0.2, 0.25) is 11.9 Å². The number of rotatable bonds is 5. The molecule has 0 aliphatic carbocycles. The number of carbonyl (C=O) groups is 1. The van der Waals surface area contributed by atoms with Crippen LogP contribution in [0.1, 0.15) is 26.5 Å². The number of nitrogens with zero attached hydrogens (tertiary/aromatic N) is 5. The normalized spacial score (nSPS) is 11.2. The summed E-state index contributed by atoms with van der Waals surface area (Å²) in [6, 6.07) is 0. The molecular weight excluding hydrogens is 256 g/mol. The Bertz CT molecular complexity index is 622. The van der Waals surface area contributed by atoms with Crippen molar-refractivity contribution in [3.63, 3.8) is 0 Å². The Morgan fingerprint density at radius 3 is 2.50 bits per heavy atom. The van der Waals surface area contributed by atoms with Crippen molar-refractivity contribution in [1.82, 2.24) is 24.2 Å². The van der Waals surface area contributed by atoms with Gasteiger partial charge in [-0.2, -0.15) is 5.10 Å². The fourth-order valence-corrected chi connectivity index (χ4v) is 2.43. The third-order valence-electron chi connectivity index (χ3n) is 3.54. The molecule has 0 saturated heterocycles. The number of carbonyl (C=O) groups excluding carboxylic acids is 1. The van der Waals surface area contributed by atoms with Crippen molar-refractivity contribution in [3.05, 3.63) is 5.69 Å². The average molecular weight is 278 g/mol. The van der Waals surface area contributed by atoms with Gasteiger partial charge < -0.3 is 10.6 Å². The number of amides is 1. The van der Waals surface area contributed by atoms with Crippen LogP contribution in [0, 0.1) is 6.92 Å². The van der Waals surface area contributed by atoms with E-state index in [0.29, 0.717) is 19.0 Å². The van der Waals surface area contributed by atoms with E-state index in [9.17, 15) is 4.79 Å². The number of imidazole rings is 1. The van der Waals surface area contributed by atoms with E-state index in [-0.39, 0.29) is 12.5 Å². The van der Waals surface area contributed by atoms with Gasteiger partial charge in [0.05, 0.1) is 5.69 Å². The molecule has 0 fully saturated rings. The molecule has 2 aromatic rings. The number of aromatic nitrogens is 4. The molecule has 1 amide bonds. The van der Waals surface area contributed by atoms with Crippen LogP contribution in [0.25, 0.3) is 11.2 Å². The highest BCUT2D eigenvalue weighted by atomic mass is 16.2. The zero-order valence-electron chi connectivity index (χ0n) is 12.6. The second-order valence-electron chi connectivity index (χ2n) is 4.70. The number of nitrogens with two attached hydrogens (primary N) is 1. The molecule has 0 radical (unpaired) electrons. The lowest BCUT2D eigenvalue weighted by Crippen LogP contribution is -2.33. The second kappa shape index (κ2) is 5.52. The molecule has 2 N–H and O–H groups in total. The average Bonchev–Trinajstić information content (AvgIpc) is 2.90. The van der Waals surface area contributed by atoms with Gasteiger partial charge in [-0.25, -0.2) is 9.67 Å². The van der Waals surface area contributed by atoms with Crippen molar-refractivity contribution in [2.75, 3.05) is 18.8 Å². The summed E-state index contributed by atoms with van der Waals surface area (Å²) in [4.78, 5) is 18.4. The van der Waals surface area contributed by atoms with Gasteiger partial charge in [-0.05, 0) is 27.7 Å². The van der Waals surface area contributed by atoms with Gasteiger partial charge >= 0.3 is 0 Å². The summed E-state index contributed by atoms with van der Waals surface area (Å²) in [5, 5.41) is 4.42. The summed E-state index contributed by atoms with van der Waals surface area (Å²) in [5.74, 6) is 0.408. The standard InChI is InChI=1S/C13H22N6O/c1-5-17(6-2)10(20)8-18-12-11(15-13(18)14)9(4)16-19(12)7-3/h5-8H2,1-4H3,(H2,14,15). The number of hydrogen-bond donors (Lipinski definition) is 1. The third kappa shape index (κ3) is 2.23. The maximum atomic E-state index is 12.3. The van der Waals surface area contributed by atoms with E-state index in [1.54, 1.807) is 9.47 Å². The van der Waals surface area contributed by atoms with Crippen LogP contribution in [0.4, 0.5) is 5.95 Å². The molecule has 20 heavy (non-hydrogen) atoms. The zero-order valence-corrected chi connectivity index (χ0v) is 12.6. The highest BCUT2D eigenvalue weighted by molar-refractivity contribution is 5.82. The lowest BCUT2D eigenvalue weighted by molar-refractivity contribution is -0.131. The maximum Gasteiger partial charge on any atom is 0.242 e. The Morgan fingerprint density at radius 1 is 1.30 bits per heavy atom. The summed E-state index contributed by atoms with van der Waals surface area (Å²) in [7, 11) is 0. The second-order valence-corrected chi connectivity index (χ2v) is 4.70. The lowest BCUT2D eigenvalue weighted by atomic mass is 10.4. The van der Waals surface area contributed by atoms with Gasteiger partial charge in [0.25, 0.3) is 0 Å². The monoisotopic (exact) mass is 278 g/mol. The first-order valence-corrected chi connectivity index (χ1v) is 7.00. The summed E-state index contributed by atoms with van der Waals surface area (Å²) in [6.45, 7) is 10.1. The molecule has 0 saturated carbocycles. The highest BCUT2D eigenvalue weighted by Gasteiger charge is 2.20. The van der Waals surface area contributed by atoms with Crippen LogP contribution in [-0.4, -0.2) is 43.2 Å². The van der Waals surface area contributed by atoms with Crippen molar-refractivity contribution in [2.24, 2.45) is 0 Å². The summed E-state index contributed by atoms with van der Waals surface area (Å²) < 4.78 is 3.59. The molecule has 0 atom stereocenters. The van der Waals surface area contributed by atoms with Gasteiger partial charge in [0, 0.05) is 19.6 Å². The first-order valence-electron chi connectivity index (χ1n) is 7.00. The summed E-state index contributed by atoms with van der Waals surface area (Å²) in [6.07, 6.45) is 0. The molecule has 2 rings (SSSR count). The quantitative estimate of drug-likeness (QED) is 0.885. The van der Waals surface area contributed by atoms with Crippen molar-refractivity contribution in [2.45, 2.75) is 40.8 Å². The Balaban J connectivity index is 2.43. The van der Waals surface area contributed by atoms with E-state index in [4.69, 9.17) is 5.73 Å². The number of nitrogen functional groups attached to an aromatic ring is 1. The van der Waals surface area contributed by atoms with Crippen LogP contribution in [-0.2, 0) is 17.9 Å². The minimum atomic E-state index is 0.0440. The first-order chi connectivity index (χ1) is 9.53. The maximum absolute atomic E-state index is 12.3. The molecule has 0 aliphatic heterocycles. The Labute approximate surface area is 118 Å². The van der Waals surface area contributed by atoms with E-state index in [1.807, 2.05) is 32.4 Å². The molecule has 0 bridgehead atoms. The van der Waals surface area contributed by atoms with E-state index in [1.165, 1.54) is 0 Å². The molecule has 0 aromatic carbocycles. The Kier molecular flexibility index (Phi) is 3.96. The molecule has 110 valence electrons. The molecule has 0 unspecified atom stereocenters. The zero-order chi connectivity index (χ0) is 14.9. The van der Waals surface area contributed by atoms with Crippen molar-refractivity contribution < 1.29 is 4.79 Å². The summed E-state index contributed by atoms with van der Waals surface area (Å²) >= 11 is 0. The molecular formula is C13H22N6O. The van der Waals surface area contributed by atoms with Crippen LogP contribution in [0.2, 0.25) is 0 Å². The van der Waals surface area contributed by atoms with Crippen LogP contribution in [0.15, 0.2) is 0 Å². The van der Waals surface area contributed by atoms with Gasteiger partial charge in [-0.1, -0.05) is 0 Å². The van der Waals surface area contributed by atoms with Gasteiger partial charge in [-0.3, -0.25) is 9.36 Å². The smallest absolute Gasteiger partial charge is 0.242 e. The molecule has 0 aliphatic rings. The third-order valence-corrected chi connectivity index (χ3v) is 3.54. The SMILES string of the molecule is CCN(CC)C(=O)Cn1c(N)nc2c(C)nn(CC)c21. The fraction of sp³-hybridized carbons (Fsp3) is 0.615. The predicted molar refractivity (Wildman–Crippen MR) is 78.3 cm³/mol. The summed E-state index contributed by atoms with van der Waals surface area (Å²) in [5.41, 5.74) is 8.39. The molecule has 7 heteroatoms. The molecule has 7 nitrogen and oxygen atoms in total. The highest BCUT2D eigenvalue weighted by Crippen LogP contribution is 2.21. The molecule has 0 spiro atoms. The van der Waals surface area contributed by atoms with E-state index in [2.05, 4.69) is 10.1 Å². The predicted octanol–water partition coefficient (Wildman–Crippen LogP) is 1.01. The molecule has 2 heterocycles. The van der Waals surface area contributed by atoms with Crippen LogP contribution >= 0.6 is 0 Å². The number of likely N-dealkylation sites (N-methyl/N-ethyl adjacent to an activating group) is 1. The number of anilines is 1. The van der Waals surface area contributed by atoms with E-state index >= 15 is 0 Å². The fourth-order valence-electron chi connectivity index (χ4n) is 2.43. The minimum absolute atomic E-state index is 0.0440. The largest absolute Gasteiger partial charge is 0.369 e. The van der Waals surface area contributed by atoms with E-state index < -0.39 is 0 Å². The number of fused-ring (bicyclic) bond motifs is 1. The van der Waals surface area contributed by atoms with Crippen LogP contribution < -0.4 is 5.73 Å². The first kappa shape index (κ1) is 14.4. The van der Waals surface area contributed by atoms with Crippen LogP contribution in [0.3, 0.4) is 0 Å². The van der Waals surface area contributed by atoms with Crippen LogP contribution in [0.5, 0.6) is 0 Å². The van der Waals surface area contributed by atoms with Gasteiger partial charge in [0.15, 0.2) is 5.65 Å². The van der Waals surface area contributed by atoms with E-state index in [0.717, 1.165) is 23.4 Å².